The molecule has 0 fully saturated rings. The van der Waals surface area contributed by atoms with Crippen LogP contribution in [-0.2, 0) is 14.3 Å². The van der Waals surface area contributed by atoms with Gasteiger partial charge in [0.1, 0.15) is 5.69 Å². The third-order valence-corrected chi connectivity index (χ3v) is 4.62. The molecule has 0 saturated carbocycles. The number of hydrogen-bond donors (Lipinski definition) is 1. The Hall–Kier alpha value is -2.58. The summed E-state index contributed by atoms with van der Waals surface area (Å²) in [5.41, 5.74) is 0.679. The number of nitrogens with zero attached hydrogens (tertiary/aromatic N) is 1. The zero-order valence-corrected chi connectivity index (χ0v) is 15.3. The Bertz CT molecular complexity index is 844. The molecule has 1 N–H and O–H groups in total. The lowest BCUT2D eigenvalue weighted by atomic mass is 10.2. The minimum Gasteiger partial charge on any atom is -0.455 e. The van der Waals surface area contributed by atoms with Crippen molar-refractivity contribution in [3.8, 4) is 0 Å². The standard InChI is InChI=1S/C17H15ClN2O5S/c1-11-4-2-3-5-15(11)26-10-17(22)25-9-16(21)19-13-8-12(18)6-7-14(13)20(23)24/h2-8H,9-10H2,1H3,(H,19,21). The van der Waals surface area contributed by atoms with Crippen LogP contribution < -0.4 is 5.32 Å². The normalized spacial score (nSPS) is 10.2. The zero-order valence-electron chi connectivity index (χ0n) is 13.7. The summed E-state index contributed by atoms with van der Waals surface area (Å²) >= 11 is 7.09. The maximum atomic E-state index is 11.9. The number of rotatable bonds is 7. The zero-order chi connectivity index (χ0) is 19.1. The lowest BCUT2D eigenvalue weighted by Gasteiger charge is -2.08. The van der Waals surface area contributed by atoms with E-state index in [0.717, 1.165) is 10.5 Å². The van der Waals surface area contributed by atoms with Crippen molar-refractivity contribution in [2.75, 3.05) is 17.7 Å². The van der Waals surface area contributed by atoms with E-state index in [4.69, 9.17) is 16.3 Å². The van der Waals surface area contributed by atoms with Crippen LogP contribution in [0.4, 0.5) is 11.4 Å². The van der Waals surface area contributed by atoms with Gasteiger partial charge < -0.3 is 10.1 Å². The Morgan fingerprint density at radius 1 is 1.27 bits per heavy atom. The Morgan fingerprint density at radius 3 is 2.69 bits per heavy atom. The molecule has 0 heterocycles. The van der Waals surface area contributed by atoms with Crippen molar-refractivity contribution in [1.82, 2.24) is 0 Å². The number of carbonyl (C=O) groups is 2. The molecule has 136 valence electrons. The molecule has 0 unspecified atom stereocenters. The predicted molar refractivity (Wildman–Crippen MR) is 99.6 cm³/mol. The van der Waals surface area contributed by atoms with Crippen molar-refractivity contribution in [2.45, 2.75) is 11.8 Å². The maximum absolute atomic E-state index is 11.9. The molecule has 0 bridgehead atoms. The van der Waals surface area contributed by atoms with Crippen molar-refractivity contribution in [3.63, 3.8) is 0 Å². The van der Waals surface area contributed by atoms with Crippen molar-refractivity contribution in [3.05, 3.63) is 63.2 Å². The van der Waals surface area contributed by atoms with Crippen LogP contribution in [-0.4, -0.2) is 29.2 Å². The van der Waals surface area contributed by atoms with Crippen LogP contribution in [0.25, 0.3) is 0 Å². The first-order valence-electron chi connectivity index (χ1n) is 7.44. The van der Waals surface area contributed by atoms with Gasteiger partial charge in [-0.1, -0.05) is 29.8 Å². The highest BCUT2D eigenvalue weighted by Gasteiger charge is 2.17. The number of nitro benzene ring substituents is 1. The van der Waals surface area contributed by atoms with Gasteiger partial charge in [0.05, 0.1) is 10.7 Å². The van der Waals surface area contributed by atoms with Crippen molar-refractivity contribution in [1.29, 1.82) is 0 Å². The summed E-state index contributed by atoms with van der Waals surface area (Å²) in [6.07, 6.45) is 0. The molecule has 0 saturated heterocycles. The summed E-state index contributed by atoms with van der Waals surface area (Å²) in [7, 11) is 0. The third kappa shape index (κ3) is 5.75. The molecule has 0 aliphatic heterocycles. The number of hydrogen-bond acceptors (Lipinski definition) is 6. The van der Waals surface area contributed by atoms with Gasteiger partial charge >= 0.3 is 5.97 Å². The quantitative estimate of drug-likeness (QED) is 0.331. The summed E-state index contributed by atoms with van der Waals surface area (Å²) < 4.78 is 4.89. The largest absolute Gasteiger partial charge is 0.455 e. The van der Waals surface area contributed by atoms with E-state index in [0.29, 0.717) is 0 Å². The van der Waals surface area contributed by atoms with Crippen molar-refractivity contribution in [2.24, 2.45) is 0 Å². The molecule has 1 amide bonds. The lowest BCUT2D eigenvalue weighted by Crippen LogP contribution is -2.22. The fourth-order valence-corrected chi connectivity index (χ4v) is 3.00. The van der Waals surface area contributed by atoms with Gasteiger partial charge in [0, 0.05) is 16.0 Å². The first kappa shape index (κ1) is 19.7. The van der Waals surface area contributed by atoms with Crippen LogP contribution in [0, 0.1) is 17.0 Å². The number of amides is 1. The van der Waals surface area contributed by atoms with Crippen LogP contribution >= 0.6 is 23.4 Å². The number of esters is 1. The van der Waals surface area contributed by atoms with Gasteiger partial charge in [-0.15, -0.1) is 11.8 Å². The molecule has 0 radical (unpaired) electrons. The number of thioether (sulfide) groups is 1. The topological polar surface area (TPSA) is 98.5 Å². The Balaban J connectivity index is 1.85. The number of halogens is 1. The Morgan fingerprint density at radius 2 is 2.00 bits per heavy atom. The average Bonchev–Trinajstić information content (AvgIpc) is 2.59. The van der Waals surface area contributed by atoms with Crippen LogP contribution in [0.3, 0.4) is 0 Å². The monoisotopic (exact) mass is 394 g/mol. The fourth-order valence-electron chi connectivity index (χ4n) is 2.00. The maximum Gasteiger partial charge on any atom is 0.316 e. The van der Waals surface area contributed by atoms with Crippen LogP contribution in [0.5, 0.6) is 0 Å². The van der Waals surface area contributed by atoms with E-state index in [2.05, 4.69) is 5.32 Å². The molecular weight excluding hydrogens is 380 g/mol. The summed E-state index contributed by atoms with van der Waals surface area (Å²) in [5, 5.41) is 13.5. The molecule has 26 heavy (non-hydrogen) atoms. The van der Waals surface area contributed by atoms with Crippen molar-refractivity contribution >= 4 is 46.6 Å². The number of nitro groups is 1. The second kappa shape index (κ2) is 9.21. The minimum absolute atomic E-state index is 0.0510. The fraction of sp³-hybridized carbons (Fsp3) is 0.176. The summed E-state index contributed by atoms with van der Waals surface area (Å²) in [6.45, 7) is 1.38. The summed E-state index contributed by atoms with van der Waals surface area (Å²) in [5.74, 6) is -1.20. The number of carbonyl (C=O) groups excluding carboxylic acids is 2. The summed E-state index contributed by atoms with van der Waals surface area (Å²) in [6, 6.07) is 11.4. The molecule has 0 aliphatic rings. The van der Waals surface area contributed by atoms with Gasteiger partial charge in [-0.2, -0.15) is 0 Å². The molecular formula is C17H15ClN2O5S. The van der Waals surface area contributed by atoms with E-state index >= 15 is 0 Å². The number of aryl methyl sites for hydroxylation is 1. The molecule has 9 heteroatoms. The Labute approximate surface area is 158 Å². The van der Waals surface area contributed by atoms with Crippen LogP contribution in [0.1, 0.15) is 5.56 Å². The van der Waals surface area contributed by atoms with Crippen LogP contribution in [0.2, 0.25) is 5.02 Å². The van der Waals surface area contributed by atoms with E-state index in [1.165, 1.54) is 30.0 Å². The SMILES string of the molecule is Cc1ccccc1SCC(=O)OCC(=O)Nc1cc(Cl)ccc1[N+](=O)[O-]. The van der Waals surface area contributed by atoms with E-state index in [1.807, 2.05) is 31.2 Å². The highest BCUT2D eigenvalue weighted by Crippen LogP contribution is 2.27. The van der Waals surface area contributed by atoms with Gasteiger partial charge in [-0.05, 0) is 30.7 Å². The molecule has 0 spiro atoms. The minimum atomic E-state index is -0.690. The first-order valence-corrected chi connectivity index (χ1v) is 8.81. The second-order valence-corrected chi connectivity index (χ2v) is 6.64. The second-order valence-electron chi connectivity index (χ2n) is 5.18. The van der Waals surface area contributed by atoms with E-state index in [9.17, 15) is 19.7 Å². The molecule has 0 aromatic heterocycles. The predicted octanol–water partition coefficient (Wildman–Crippen LogP) is 3.83. The number of benzene rings is 2. The summed E-state index contributed by atoms with van der Waals surface area (Å²) in [4.78, 5) is 34.9. The van der Waals surface area contributed by atoms with E-state index in [1.54, 1.807) is 0 Å². The molecule has 2 aromatic rings. The molecule has 0 atom stereocenters. The van der Waals surface area contributed by atoms with Gasteiger partial charge in [0.2, 0.25) is 0 Å². The van der Waals surface area contributed by atoms with Crippen molar-refractivity contribution < 1.29 is 19.2 Å². The molecule has 7 nitrogen and oxygen atoms in total. The van der Waals surface area contributed by atoms with E-state index in [-0.39, 0.29) is 22.2 Å². The number of nitrogens with one attached hydrogen (secondary N) is 1. The van der Waals surface area contributed by atoms with Crippen LogP contribution in [0.15, 0.2) is 47.4 Å². The first-order chi connectivity index (χ1) is 12.4. The highest BCUT2D eigenvalue weighted by atomic mass is 35.5. The smallest absolute Gasteiger partial charge is 0.316 e. The van der Waals surface area contributed by atoms with Gasteiger partial charge in [-0.3, -0.25) is 19.7 Å². The van der Waals surface area contributed by atoms with Gasteiger partial charge in [0.15, 0.2) is 6.61 Å². The van der Waals surface area contributed by atoms with Gasteiger partial charge in [-0.25, -0.2) is 0 Å². The van der Waals surface area contributed by atoms with E-state index < -0.39 is 23.4 Å². The number of ether oxygens (including phenoxy) is 1. The third-order valence-electron chi connectivity index (χ3n) is 3.23. The highest BCUT2D eigenvalue weighted by molar-refractivity contribution is 8.00. The average molecular weight is 395 g/mol. The number of anilines is 1. The molecule has 2 aromatic carbocycles. The van der Waals surface area contributed by atoms with Gasteiger partial charge in [0.25, 0.3) is 11.6 Å². The Kier molecular flexibility index (Phi) is 6.99. The molecule has 2 rings (SSSR count). The molecule has 0 aliphatic carbocycles. The lowest BCUT2D eigenvalue weighted by molar-refractivity contribution is -0.383.